The Balaban J connectivity index is 2.11. The molecule has 0 bridgehead atoms. The summed E-state index contributed by atoms with van der Waals surface area (Å²) in [6.07, 6.45) is 1.27. The molecule has 1 amide bonds. The van der Waals surface area contributed by atoms with E-state index in [2.05, 4.69) is 5.32 Å². The fraction of sp³-hybridized carbons (Fsp3) is 0.150. The van der Waals surface area contributed by atoms with E-state index < -0.39 is 17.2 Å². The number of rotatable bonds is 5. The lowest BCUT2D eigenvalue weighted by molar-refractivity contribution is -0.141. The lowest BCUT2D eigenvalue weighted by Gasteiger charge is -2.22. The van der Waals surface area contributed by atoms with E-state index in [4.69, 9.17) is 16.0 Å². The van der Waals surface area contributed by atoms with Crippen molar-refractivity contribution >= 4 is 45.9 Å². The standard InChI is InChI=1S/C20H16ClNO5/c1-11(23)22-14-7-8-15-16(10-27-17(15)9-14)20(2,19(25)26)18(24)12-3-5-13(21)6-4-12/h3-10H,1-2H3,(H,22,23)(H,25,26). The molecule has 3 rings (SSSR count). The number of fused-ring (bicyclic) bond motifs is 1. The molecule has 2 aromatic carbocycles. The molecule has 3 aromatic rings. The molecule has 0 aliphatic heterocycles. The van der Waals surface area contributed by atoms with E-state index in [1.165, 1.54) is 44.4 Å². The van der Waals surface area contributed by atoms with Gasteiger partial charge in [0.15, 0.2) is 11.2 Å². The summed E-state index contributed by atoms with van der Waals surface area (Å²) in [6, 6.07) is 10.9. The molecule has 0 aliphatic carbocycles. The van der Waals surface area contributed by atoms with Crippen LogP contribution in [-0.2, 0) is 15.0 Å². The van der Waals surface area contributed by atoms with Gasteiger partial charge in [-0.15, -0.1) is 0 Å². The maximum Gasteiger partial charge on any atom is 0.321 e. The van der Waals surface area contributed by atoms with Crippen molar-refractivity contribution in [1.82, 2.24) is 0 Å². The van der Waals surface area contributed by atoms with E-state index in [0.717, 1.165) is 0 Å². The zero-order valence-corrected chi connectivity index (χ0v) is 15.3. The van der Waals surface area contributed by atoms with Gasteiger partial charge in [-0.3, -0.25) is 14.4 Å². The first-order chi connectivity index (χ1) is 12.7. The fourth-order valence-corrected chi connectivity index (χ4v) is 3.05. The van der Waals surface area contributed by atoms with E-state index >= 15 is 0 Å². The number of hydrogen-bond donors (Lipinski definition) is 2. The Labute approximate surface area is 159 Å². The monoisotopic (exact) mass is 385 g/mol. The lowest BCUT2D eigenvalue weighted by Crippen LogP contribution is -2.40. The number of carbonyl (C=O) groups is 3. The molecular formula is C20H16ClNO5. The first-order valence-electron chi connectivity index (χ1n) is 8.06. The minimum absolute atomic E-state index is 0.230. The SMILES string of the molecule is CC(=O)Nc1ccc2c(C(C)(C(=O)O)C(=O)c3ccc(Cl)cc3)coc2c1. The molecular weight excluding hydrogens is 370 g/mol. The number of amides is 1. The molecule has 0 saturated carbocycles. The number of ketones is 1. The third-order valence-corrected chi connectivity index (χ3v) is 4.67. The highest BCUT2D eigenvalue weighted by Gasteiger charge is 2.45. The van der Waals surface area contributed by atoms with Crippen molar-refractivity contribution in [2.45, 2.75) is 19.3 Å². The third-order valence-electron chi connectivity index (χ3n) is 4.42. The van der Waals surface area contributed by atoms with Crippen LogP contribution in [-0.4, -0.2) is 22.8 Å². The Morgan fingerprint density at radius 1 is 1.11 bits per heavy atom. The van der Waals surface area contributed by atoms with Crippen molar-refractivity contribution < 1.29 is 23.9 Å². The van der Waals surface area contributed by atoms with Crippen LogP contribution in [0.2, 0.25) is 5.02 Å². The number of nitrogens with one attached hydrogen (secondary N) is 1. The number of carboxylic acid groups (broad SMARTS) is 1. The Morgan fingerprint density at radius 2 is 1.78 bits per heavy atom. The number of furan rings is 1. The van der Waals surface area contributed by atoms with Crippen molar-refractivity contribution in [3.63, 3.8) is 0 Å². The van der Waals surface area contributed by atoms with Gasteiger partial charge in [0.1, 0.15) is 5.58 Å². The molecule has 0 fully saturated rings. The van der Waals surface area contributed by atoms with E-state index in [0.29, 0.717) is 21.7 Å². The number of anilines is 1. The number of carbonyl (C=O) groups excluding carboxylic acids is 2. The van der Waals surface area contributed by atoms with Gasteiger partial charge in [0.2, 0.25) is 5.91 Å². The van der Waals surface area contributed by atoms with Crippen LogP contribution in [0.3, 0.4) is 0 Å². The molecule has 27 heavy (non-hydrogen) atoms. The van der Waals surface area contributed by atoms with Crippen molar-refractivity contribution in [2.75, 3.05) is 5.32 Å². The number of aliphatic carboxylic acids is 1. The van der Waals surface area contributed by atoms with Crippen LogP contribution >= 0.6 is 11.6 Å². The zero-order valence-electron chi connectivity index (χ0n) is 14.6. The highest BCUT2D eigenvalue weighted by atomic mass is 35.5. The van der Waals surface area contributed by atoms with E-state index in [1.807, 2.05) is 0 Å². The van der Waals surface area contributed by atoms with Gasteiger partial charge in [-0.05, 0) is 43.3 Å². The van der Waals surface area contributed by atoms with Gasteiger partial charge >= 0.3 is 5.97 Å². The van der Waals surface area contributed by atoms with Gasteiger partial charge in [-0.25, -0.2) is 0 Å². The Kier molecular flexibility index (Phi) is 4.76. The summed E-state index contributed by atoms with van der Waals surface area (Å²) in [5.74, 6) is -2.12. The summed E-state index contributed by atoms with van der Waals surface area (Å²) in [5, 5.41) is 13.4. The molecule has 0 saturated heterocycles. The van der Waals surface area contributed by atoms with Crippen LogP contribution in [0.25, 0.3) is 11.0 Å². The largest absolute Gasteiger partial charge is 0.480 e. The van der Waals surface area contributed by atoms with Crippen molar-refractivity contribution in [3.8, 4) is 0 Å². The molecule has 6 nitrogen and oxygen atoms in total. The number of Topliss-reactive ketones (excluding diaryl/α,β-unsaturated/α-hetero) is 1. The molecule has 0 radical (unpaired) electrons. The first kappa shape index (κ1) is 18.7. The molecule has 1 atom stereocenters. The maximum absolute atomic E-state index is 13.1. The molecule has 7 heteroatoms. The second-order valence-corrected chi connectivity index (χ2v) is 6.74. The first-order valence-corrected chi connectivity index (χ1v) is 8.44. The average Bonchev–Trinajstić information content (AvgIpc) is 3.04. The van der Waals surface area contributed by atoms with Crippen molar-refractivity contribution in [1.29, 1.82) is 0 Å². The molecule has 1 heterocycles. The van der Waals surface area contributed by atoms with Crippen LogP contribution in [0.5, 0.6) is 0 Å². The highest BCUT2D eigenvalue weighted by Crippen LogP contribution is 2.36. The van der Waals surface area contributed by atoms with Gasteiger partial charge in [0.25, 0.3) is 0 Å². The zero-order chi connectivity index (χ0) is 19.8. The van der Waals surface area contributed by atoms with Crippen LogP contribution in [0.4, 0.5) is 5.69 Å². The number of hydrogen-bond acceptors (Lipinski definition) is 4. The fourth-order valence-electron chi connectivity index (χ4n) is 2.92. The van der Waals surface area contributed by atoms with E-state index in [1.54, 1.807) is 18.2 Å². The molecule has 138 valence electrons. The number of benzene rings is 2. The lowest BCUT2D eigenvalue weighted by atomic mass is 9.76. The van der Waals surface area contributed by atoms with Gasteiger partial charge in [0.05, 0.1) is 6.26 Å². The molecule has 1 unspecified atom stereocenters. The van der Waals surface area contributed by atoms with Gasteiger partial charge in [0, 0.05) is 40.2 Å². The van der Waals surface area contributed by atoms with Crippen molar-refractivity contribution in [2.24, 2.45) is 0 Å². The quantitative estimate of drug-likeness (QED) is 0.505. The third kappa shape index (κ3) is 3.31. The summed E-state index contributed by atoms with van der Waals surface area (Å²) in [7, 11) is 0. The van der Waals surface area contributed by atoms with Crippen LogP contribution in [0.15, 0.2) is 53.1 Å². The van der Waals surface area contributed by atoms with Crippen LogP contribution in [0.1, 0.15) is 29.8 Å². The normalized spacial score (nSPS) is 13.1. The minimum Gasteiger partial charge on any atom is -0.480 e. The molecule has 0 aliphatic rings. The highest BCUT2D eigenvalue weighted by molar-refractivity contribution is 6.30. The topological polar surface area (TPSA) is 96.6 Å². The predicted molar refractivity (Wildman–Crippen MR) is 101 cm³/mol. The summed E-state index contributed by atoms with van der Waals surface area (Å²) in [5.41, 5.74) is -0.508. The van der Waals surface area contributed by atoms with Crippen molar-refractivity contribution in [3.05, 3.63) is 64.9 Å². The van der Waals surface area contributed by atoms with Gasteiger partial charge < -0.3 is 14.8 Å². The van der Waals surface area contributed by atoms with E-state index in [-0.39, 0.29) is 17.0 Å². The van der Waals surface area contributed by atoms with Gasteiger partial charge in [-0.2, -0.15) is 0 Å². The Morgan fingerprint density at radius 3 is 2.37 bits per heavy atom. The summed E-state index contributed by atoms with van der Waals surface area (Å²) in [6.45, 7) is 2.72. The molecule has 1 aromatic heterocycles. The van der Waals surface area contributed by atoms with Crippen LogP contribution in [0, 0.1) is 0 Å². The number of carboxylic acids is 1. The second-order valence-electron chi connectivity index (χ2n) is 6.31. The summed E-state index contributed by atoms with van der Waals surface area (Å²) in [4.78, 5) is 36.4. The smallest absolute Gasteiger partial charge is 0.321 e. The Hall–Kier alpha value is -3.12. The summed E-state index contributed by atoms with van der Waals surface area (Å²) < 4.78 is 5.48. The van der Waals surface area contributed by atoms with Gasteiger partial charge in [-0.1, -0.05) is 11.6 Å². The second kappa shape index (κ2) is 6.89. The minimum atomic E-state index is -1.85. The predicted octanol–water partition coefficient (Wildman–Crippen LogP) is 4.27. The van der Waals surface area contributed by atoms with E-state index in [9.17, 15) is 19.5 Å². The molecule has 0 spiro atoms. The molecule has 2 N–H and O–H groups in total. The maximum atomic E-state index is 13.1. The number of halogens is 1. The van der Waals surface area contributed by atoms with Crippen LogP contribution < -0.4 is 5.32 Å². The summed E-state index contributed by atoms with van der Waals surface area (Å²) >= 11 is 5.85. The Bertz CT molecular complexity index is 1050. The average molecular weight is 386 g/mol.